The van der Waals surface area contributed by atoms with E-state index in [-0.39, 0.29) is 0 Å². The summed E-state index contributed by atoms with van der Waals surface area (Å²) in [6.45, 7) is 2.24. The van der Waals surface area contributed by atoms with Gasteiger partial charge >= 0.3 is 0 Å². The van der Waals surface area contributed by atoms with Crippen molar-refractivity contribution in [1.82, 2.24) is 0 Å². The average Bonchev–Trinajstić information content (AvgIpc) is 2.92. The Kier molecular flexibility index (Phi) is 6.50. The van der Waals surface area contributed by atoms with Crippen LogP contribution in [-0.4, -0.2) is 6.29 Å². The Labute approximate surface area is 131 Å². The minimum atomic E-state index is 0.780. The van der Waals surface area contributed by atoms with Gasteiger partial charge in [-0.2, -0.15) is 0 Å². The second kappa shape index (κ2) is 8.64. The lowest BCUT2D eigenvalue weighted by atomic mass is 10.1. The van der Waals surface area contributed by atoms with Crippen LogP contribution in [0.5, 0.6) is 0 Å². The molecule has 1 nitrogen and oxygen atoms in total. The highest BCUT2D eigenvalue weighted by atomic mass is 32.1. The summed E-state index contributed by atoms with van der Waals surface area (Å²) in [5, 5.41) is 1.12. The van der Waals surface area contributed by atoms with Gasteiger partial charge in [-0.3, -0.25) is 4.79 Å². The molecule has 0 N–H and O–H groups in total. The van der Waals surface area contributed by atoms with E-state index >= 15 is 0 Å². The molecule has 0 fully saturated rings. The number of carbonyl (C=O) groups is 1. The molecule has 0 atom stereocenters. The number of benzene rings is 1. The van der Waals surface area contributed by atoms with Gasteiger partial charge < -0.3 is 0 Å². The average molecular weight is 298 g/mol. The van der Waals surface area contributed by atoms with Crippen molar-refractivity contribution in [2.45, 2.75) is 51.9 Å². The van der Waals surface area contributed by atoms with Crippen molar-refractivity contribution in [2.75, 3.05) is 0 Å². The third-order valence-electron chi connectivity index (χ3n) is 3.54. The van der Waals surface area contributed by atoms with Crippen LogP contribution in [0.4, 0.5) is 0 Å². The van der Waals surface area contributed by atoms with E-state index in [9.17, 15) is 4.79 Å². The predicted molar refractivity (Wildman–Crippen MR) is 92.1 cm³/mol. The maximum atomic E-state index is 10.8. The summed E-state index contributed by atoms with van der Waals surface area (Å²) in [4.78, 5) is 11.6. The largest absolute Gasteiger partial charge is 0.297 e. The SMILES string of the molecule is CCCCCCCCC#Cc1ccc2sc(C=O)cc2c1. The maximum absolute atomic E-state index is 10.8. The lowest BCUT2D eigenvalue weighted by Gasteiger charge is -1.96. The van der Waals surface area contributed by atoms with E-state index in [0.717, 1.165) is 33.2 Å². The molecule has 0 saturated carbocycles. The molecule has 0 aliphatic rings. The van der Waals surface area contributed by atoms with Crippen LogP contribution in [0.2, 0.25) is 0 Å². The standard InChI is InChI=1S/C19H22OS/c1-2-3-4-5-6-7-8-9-10-16-11-12-19-17(13-16)14-18(15-20)21-19/h11-15H,2-8H2,1H3. The Balaban J connectivity index is 1.83. The van der Waals surface area contributed by atoms with Crippen molar-refractivity contribution in [3.63, 3.8) is 0 Å². The van der Waals surface area contributed by atoms with Crippen LogP contribution in [0.3, 0.4) is 0 Å². The van der Waals surface area contributed by atoms with Gasteiger partial charge in [0.25, 0.3) is 0 Å². The first-order valence-electron chi connectivity index (χ1n) is 7.81. The summed E-state index contributed by atoms with van der Waals surface area (Å²) in [5.74, 6) is 6.49. The molecule has 0 spiro atoms. The fraction of sp³-hybridized carbons (Fsp3) is 0.421. The first-order valence-corrected chi connectivity index (χ1v) is 8.63. The molecule has 0 aliphatic heterocycles. The number of carbonyl (C=O) groups excluding carboxylic acids is 1. The highest BCUT2D eigenvalue weighted by Crippen LogP contribution is 2.25. The summed E-state index contributed by atoms with van der Waals surface area (Å²) < 4.78 is 1.15. The van der Waals surface area contributed by atoms with E-state index in [4.69, 9.17) is 0 Å². The molecular weight excluding hydrogens is 276 g/mol. The van der Waals surface area contributed by atoms with Crippen LogP contribution in [0.1, 0.15) is 67.1 Å². The third kappa shape index (κ3) is 5.02. The van der Waals surface area contributed by atoms with Crippen LogP contribution in [0, 0.1) is 11.8 Å². The molecule has 1 aromatic heterocycles. The lowest BCUT2D eigenvalue weighted by molar-refractivity contribution is 0.112. The van der Waals surface area contributed by atoms with E-state index < -0.39 is 0 Å². The first kappa shape index (κ1) is 15.8. The number of rotatable bonds is 7. The van der Waals surface area contributed by atoms with Gasteiger partial charge in [-0.25, -0.2) is 0 Å². The Morgan fingerprint density at radius 3 is 2.71 bits per heavy atom. The number of aldehydes is 1. The van der Waals surface area contributed by atoms with Crippen molar-refractivity contribution in [3.05, 3.63) is 34.7 Å². The second-order valence-electron chi connectivity index (χ2n) is 5.34. The van der Waals surface area contributed by atoms with Crippen molar-refractivity contribution in [3.8, 4) is 11.8 Å². The van der Waals surface area contributed by atoms with Gasteiger partial charge in [0, 0.05) is 16.7 Å². The van der Waals surface area contributed by atoms with Gasteiger partial charge in [0.2, 0.25) is 0 Å². The van der Waals surface area contributed by atoms with Crippen LogP contribution in [0.15, 0.2) is 24.3 Å². The number of thiophene rings is 1. The molecule has 2 heteroatoms. The van der Waals surface area contributed by atoms with Gasteiger partial charge in [0.15, 0.2) is 6.29 Å². The molecule has 2 aromatic rings. The van der Waals surface area contributed by atoms with E-state index in [1.807, 2.05) is 12.1 Å². The molecule has 0 bridgehead atoms. The quantitative estimate of drug-likeness (QED) is 0.358. The third-order valence-corrected chi connectivity index (χ3v) is 4.58. The van der Waals surface area contributed by atoms with Gasteiger partial charge in [0.05, 0.1) is 4.88 Å². The zero-order chi connectivity index (χ0) is 14.9. The molecule has 21 heavy (non-hydrogen) atoms. The van der Waals surface area contributed by atoms with E-state index in [1.165, 1.54) is 49.9 Å². The zero-order valence-electron chi connectivity index (χ0n) is 12.7. The highest BCUT2D eigenvalue weighted by Gasteiger charge is 2.00. The smallest absolute Gasteiger partial charge is 0.160 e. The van der Waals surface area contributed by atoms with Crippen molar-refractivity contribution < 1.29 is 4.79 Å². The summed E-state index contributed by atoms with van der Waals surface area (Å²) >= 11 is 1.53. The Hall–Kier alpha value is -1.59. The van der Waals surface area contributed by atoms with Gasteiger partial charge in [0.1, 0.15) is 0 Å². The van der Waals surface area contributed by atoms with E-state index in [0.29, 0.717) is 0 Å². The van der Waals surface area contributed by atoms with Crippen molar-refractivity contribution >= 4 is 27.7 Å². The first-order chi connectivity index (χ1) is 10.3. The fourth-order valence-corrected chi connectivity index (χ4v) is 3.22. The summed E-state index contributed by atoms with van der Waals surface area (Å²) in [5.41, 5.74) is 1.05. The van der Waals surface area contributed by atoms with Crippen LogP contribution < -0.4 is 0 Å². The lowest BCUT2D eigenvalue weighted by Crippen LogP contribution is -1.78. The molecule has 2 rings (SSSR count). The maximum Gasteiger partial charge on any atom is 0.160 e. The Bertz CT molecular complexity index is 642. The monoisotopic (exact) mass is 298 g/mol. The minimum absolute atomic E-state index is 0.780. The zero-order valence-corrected chi connectivity index (χ0v) is 13.5. The van der Waals surface area contributed by atoms with Gasteiger partial charge in [-0.15, -0.1) is 11.3 Å². The van der Waals surface area contributed by atoms with Gasteiger partial charge in [-0.1, -0.05) is 50.9 Å². The normalized spacial score (nSPS) is 10.3. The number of fused-ring (bicyclic) bond motifs is 1. The van der Waals surface area contributed by atoms with Crippen LogP contribution in [-0.2, 0) is 0 Å². The highest BCUT2D eigenvalue weighted by molar-refractivity contribution is 7.20. The molecule has 110 valence electrons. The second-order valence-corrected chi connectivity index (χ2v) is 6.45. The summed E-state index contributed by atoms with van der Waals surface area (Å²) in [7, 11) is 0. The molecular formula is C19H22OS. The number of hydrogen-bond acceptors (Lipinski definition) is 2. The Morgan fingerprint density at radius 1 is 1.10 bits per heavy atom. The molecule has 0 aliphatic carbocycles. The molecule has 0 saturated heterocycles. The van der Waals surface area contributed by atoms with Gasteiger partial charge in [-0.05, 0) is 36.1 Å². The van der Waals surface area contributed by atoms with E-state index in [1.54, 1.807) is 0 Å². The topological polar surface area (TPSA) is 17.1 Å². The van der Waals surface area contributed by atoms with E-state index in [2.05, 4.69) is 30.9 Å². The molecule has 0 radical (unpaired) electrons. The number of unbranched alkanes of at least 4 members (excludes halogenated alkanes) is 6. The summed E-state index contributed by atoms with van der Waals surface area (Å²) in [6, 6.07) is 8.11. The summed E-state index contributed by atoms with van der Waals surface area (Å²) in [6.07, 6.45) is 9.74. The molecule has 0 unspecified atom stereocenters. The molecule has 0 amide bonds. The minimum Gasteiger partial charge on any atom is -0.297 e. The molecule has 1 aromatic carbocycles. The van der Waals surface area contributed by atoms with Crippen molar-refractivity contribution in [1.29, 1.82) is 0 Å². The van der Waals surface area contributed by atoms with Crippen molar-refractivity contribution in [2.24, 2.45) is 0 Å². The van der Waals surface area contributed by atoms with Crippen LogP contribution >= 0.6 is 11.3 Å². The number of hydrogen-bond donors (Lipinski definition) is 0. The predicted octanol–water partition coefficient (Wildman–Crippen LogP) is 5.82. The fourth-order valence-electron chi connectivity index (χ4n) is 2.36. The van der Waals surface area contributed by atoms with Crippen LogP contribution in [0.25, 0.3) is 10.1 Å². The molecule has 1 heterocycles. The Morgan fingerprint density at radius 2 is 1.90 bits per heavy atom.